The van der Waals surface area contributed by atoms with Crippen molar-refractivity contribution < 1.29 is 35.9 Å². The molecule has 2 rings (SSSR count). The van der Waals surface area contributed by atoms with Gasteiger partial charge in [-0.25, -0.2) is 0 Å². The van der Waals surface area contributed by atoms with Gasteiger partial charge in [-0.3, -0.25) is 9.59 Å². The van der Waals surface area contributed by atoms with Crippen LogP contribution in [0.4, 0.5) is 26.3 Å². The Hall–Kier alpha value is -3.48. The molecule has 29 heavy (non-hydrogen) atoms. The van der Waals surface area contributed by atoms with Crippen molar-refractivity contribution in [3.63, 3.8) is 0 Å². The van der Waals surface area contributed by atoms with Crippen LogP contribution in [0.15, 0.2) is 42.5 Å². The zero-order chi connectivity index (χ0) is 21.8. The van der Waals surface area contributed by atoms with Gasteiger partial charge >= 0.3 is 12.4 Å². The lowest BCUT2D eigenvalue weighted by molar-refractivity contribution is -0.143. The number of nitrogens with one attached hydrogen (secondary N) is 1. The standard InChI is InChI=1S/C19H12F6N2O2/c20-18(21,22)14-8-13(9-15(10-14)19(23,24)25)17(29)27-7-1-2-11-3-5-12(6-4-11)16(26)28/h3-6,8-10H,7H2,(H2,26,28)(H,27,29). The van der Waals surface area contributed by atoms with Gasteiger partial charge in [-0.1, -0.05) is 11.8 Å². The van der Waals surface area contributed by atoms with Gasteiger partial charge < -0.3 is 11.1 Å². The summed E-state index contributed by atoms with van der Waals surface area (Å²) in [7, 11) is 0. The summed E-state index contributed by atoms with van der Waals surface area (Å²) in [6.07, 6.45) is -10.1. The minimum atomic E-state index is -5.05. The minimum absolute atomic E-state index is 0.0632. The van der Waals surface area contributed by atoms with Crippen LogP contribution < -0.4 is 11.1 Å². The van der Waals surface area contributed by atoms with Crippen LogP contribution in [-0.2, 0) is 12.4 Å². The van der Waals surface area contributed by atoms with Gasteiger partial charge in [0.25, 0.3) is 5.91 Å². The monoisotopic (exact) mass is 414 g/mol. The van der Waals surface area contributed by atoms with Crippen molar-refractivity contribution in [2.45, 2.75) is 12.4 Å². The van der Waals surface area contributed by atoms with Crippen molar-refractivity contribution in [3.05, 3.63) is 70.3 Å². The third-order valence-electron chi connectivity index (χ3n) is 3.59. The number of halogens is 6. The lowest BCUT2D eigenvalue weighted by Gasteiger charge is -2.13. The largest absolute Gasteiger partial charge is 0.416 e. The molecular weight excluding hydrogens is 402 g/mol. The summed E-state index contributed by atoms with van der Waals surface area (Å²) in [5.74, 6) is 3.34. The summed E-state index contributed by atoms with van der Waals surface area (Å²) in [6.45, 7) is -0.325. The van der Waals surface area contributed by atoms with Crippen molar-refractivity contribution in [2.75, 3.05) is 6.54 Å². The van der Waals surface area contributed by atoms with E-state index in [4.69, 9.17) is 5.73 Å². The van der Waals surface area contributed by atoms with Crippen molar-refractivity contribution in [3.8, 4) is 11.8 Å². The molecule has 0 bridgehead atoms. The number of benzene rings is 2. The fraction of sp³-hybridized carbons (Fsp3) is 0.158. The first kappa shape index (κ1) is 21.8. The second-order valence-electron chi connectivity index (χ2n) is 5.72. The maximum absolute atomic E-state index is 12.8. The van der Waals surface area contributed by atoms with Crippen LogP contribution in [0.5, 0.6) is 0 Å². The molecule has 3 N–H and O–H groups in total. The number of amides is 2. The summed E-state index contributed by atoms with van der Waals surface area (Å²) in [6, 6.07) is 6.42. The van der Waals surface area contributed by atoms with Crippen molar-refractivity contribution in [1.29, 1.82) is 0 Å². The molecule has 0 aromatic heterocycles. The molecule has 0 radical (unpaired) electrons. The highest BCUT2D eigenvalue weighted by molar-refractivity contribution is 5.95. The molecule has 10 heteroatoms. The van der Waals surface area contributed by atoms with E-state index in [2.05, 4.69) is 17.2 Å². The van der Waals surface area contributed by atoms with Crippen molar-refractivity contribution in [1.82, 2.24) is 5.32 Å². The van der Waals surface area contributed by atoms with E-state index in [0.29, 0.717) is 17.7 Å². The molecule has 0 spiro atoms. The minimum Gasteiger partial charge on any atom is -0.366 e. The average molecular weight is 414 g/mol. The van der Waals surface area contributed by atoms with Gasteiger partial charge in [0.15, 0.2) is 0 Å². The van der Waals surface area contributed by atoms with E-state index in [9.17, 15) is 35.9 Å². The van der Waals surface area contributed by atoms with E-state index in [1.807, 2.05) is 0 Å². The Balaban J connectivity index is 2.14. The maximum atomic E-state index is 12.8. The Bertz CT molecular complexity index is 951. The first-order chi connectivity index (χ1) is 13.4. The van der Waals surface area contributed by atoms with Crippen molar-refractivity contribution in [2.24, 2.45) is 5.73 Å². The molecule has 0 aliphatic carbocycles. The average Bonchev–Trinajstić information content (AvgIpc) is 2.63. The predicted molar refractivity (Wildman–Crippen MR) is 90.6 cm³/mol. The molecule has 0 saturated heterocycles. The number of alkyl halides is 6. The second kappa shape index (κ2) is 8.26. The zero-order valence-corrected chi connectivity index (χ0v) is 14.4. The van der Waals surface area contributed by atoms with Gasteiger partial charge in [-0.05, 0) is 42.5 Å². The summed E-state index contributed by atoms with van der Waals surface area (Å²) in [5.41, 5.74) is 1.84. The van der Waals surface area contributed by atoms with Crippen LogP contribution in [-0.4, -0.2) is 18.4 Å². The molecule has 0 unspecified atom stereocenters. The summed E-state index contributed by atoms with van der Waals surface area (Å²) in [4.78, 5) is 22.9. The Morgan fingerprint density at radius 2 is 1.38 bits per heavy atom. The molecule has 152 valence electrons. The van der Waals surface area contributed by atoms with Crippen molar-refractivity contribution >= 4 is 11.8 Å². The van der Waals surface area contributed by atoms with Gasteiger partial charge in [-0.15, -0.1) is 0 Å². The highest BCUT2D eigenvalue weighted by atomic mass is 19.4. The van der Waals surface area contributed by atoms with Crippen LogP contribution in [0.25, 0.3) is 0 Å². The number of carbonyl (C=O) groups is 2. The molecule has 0 saturated carbocycles. The Morgan fingerprint density at radius 1 is 0.862 bits per heavy atom. The summed E-state index contributed by atoms with van der Waals surface area (Å²) < 4.78 is 76.9. The molecule has 0 atom stereocenters. The quantitative estimate of drug-likeness (QED) is 0.595. The SMILES string of the molecule is NC(=O)c1ccc(C#CCNC(=O)c2cc(C(F)(F)F)cc(C(F)(F)F)c2)cc1. The van der Waals surface area contributed by atoms with E-state index in [1.54, 1.807) is 0 Å². The topological polar surface area (TPSA) is 72.2 Å². The van der Waals surface area contributed by atoms with Gasteiger partial charge in [0.2, 0.25) is 5.91 Å². The number of rotatable bonds is 3. The maximum Gasteiger partial charge on any atom is 0.416 e. The third-order valence-corrected chi connectivity index (χ3v) is 3.59. The van der Waals surface area contributed by atoms with Crippen LogP contribution in [0.1, 0.15) is 37.4 Å². The van der Waals surface area contributed by atoms with Gasteiger partial charge in [-0.2, -0.15) is 26.3 Å². The van der Waals surface area contributed by atoms with Crippen LogP contribution >= 0.6 is 0 Å². The predicted octanol–water partition coefficient (Wildman–Crippen LogP) is 3.60. The van der Waals surface area contributed by atoms with Gasteiger partial charge in [0, 0.05) is 16.7 Å². The van der Waals surface area contributed by atoms with E-state index in [0.717, 1.165) is 0 Å². The third kappa shape index (κ3) is 6.00. The summed E-state index contributed by atoms with van der Waals surface area (Å²) >= 11 is 0. The molecule has 2 aromatic carbocycles. The van der Waals surface area contributed by atoms with E-state index < -0.39 is 40.9 Å². The highest BCUT2D eigenvalue weighted by Gasteiger charge is 2.37. The first-order valence-corrected chi connectivity index (χ1v) is 7.84. The lowest BCUT2D eigenvalue weighted by Crippen LogP contribution is -2.25. The molecular formula is C19H12F6N2O2. The number of nitrogens with two attached hydrogens (primary N) is 1. The Labute approximate surface area is 160 Å². The molecule has 2 amide bonds. The van der Waals surface area contributed by atoms with Crippen LogP contribution in [0.2, 0.25) is 0 Å². The van der Waals surface area contributed by atoms with E-state index in [1.165, 1.54) is 24.3 Å². The number of hydrogen-bond donors (Lipinski definition) is 2. The zero-order valence-electron chi connectivity index (χ0n) is 14.4. The smallest absolute Gasteiger partial charge is 0.366 e. The molecule has 0 aliphatic rings. The molecule has 0 aliphatic heterocycles. The van der Waals surface area contributed by atoms with E-state index in [-0.39, 0.29) is 18.2 Å². The fourth-order valence-corrected chi connectivity index (χ4v) is 2.18. The molecule has 0 heterocycles. The first-order valence-electron chi connectivity index (χ1n) is 7.84. The lowest BCUT2D eigenvalue weighted by atomic mass is 10.0. The molecule has 2 aromatic rings. The van der Waals surface area contributed by atoms with Gasteiger partial charge in [0.05, 0.1) is 17.7 Å². The number of carbonyl (C=O) groups excluding carboxylic acids is 2. The Kier molecular flexibility index (Phi) is 6.21. The van der Waals surface area contributed by atoms with Crippen LogP contribution in [0, 0.1) is 11.8 Å². The number of hydrogen-bond acceptors (Lipinski definition) is 2. The molecule has 4 nitrogen and oxygen atoms in total. The Morgan fingerprint density at radius 3 is 1.83 bits per heavy atom. The highest BCUT2D eigenvalue weighted by Crippen LogP contribution is 2.36. The summed E-state index contributed by atoms with van der Waals surface area (Å²) in [5, 5.41) is 2.13. The molecule has 0 fully saturated rings. The van der Waals surface area contributed by atoms with E-state index >= 15 is 0 Å². The second-order valence-corrected chi connectivity index (χ2v) is 5.72. The fourth-order valence-electron chi connectivity index (χ4n) is 2.18. The van der Waals surface area contributed by atoms with Crippen LogP contribution in [0.3, 0.4) is 0 Å². The van der Waals surface area contributed by atoms with Gasteiger partial charge in [0.1, 0.15) is 0 Å². The normalized spacial score (nSPS) is 11.4. The number of primary amides is 1.